The van der Waals surface area contributed by atoms with Crippen molar-refractivity contribution in [1.82, 2.24) is 9.55 Å². The Balaban J connectivity index is 2.01. The number of rotatable bonds is 3. The molecule has 0 N–H and O–H groups in total. The van der Waals surface area contributed by atoms with Gasteiger partial charge in [-0.25, -0.2) is 4.98 Å². The lowest BCUT2D eigenvalue weighted by atomic mass is 10.3. The second-order valence-electron chi connectivity index (χ2n) is 4.33. The topological polar surface area (TPSA) is 21.1 Å². The number of anilines is 2. The maximum absolute atomic E-state index is 4.46. The molecule has 19 heavy (non-hydrogen) atoms. The molecule has 0 aliphatic heterocycles. The molecule has 1 heterocycles. The number of para-hydroxylation sites is 2. The maximum atomic E-state index is 4.46. The Labute approximate surface area is 112 Å². The molecule has 0 bridgehead atoms. The van der Waals surface area contributed by atoms with Gasteiger partial charge in [0.05, 0.1) is 0 Å². The first-order valence-corrected chi connectivity index (χ1v) is 6.24. The van der Waals surface area contributed by atoms with Crippen LogP contribution in [0.1, 0.15) is 0 Å². The van der Waals surface area contributed by atoms with Crippen molar-refractivity contribution in [3.05, 3.63) is 73.1 Å². The molecule has 0 aliphatic rings. The number of benzene rings is 2. The van der Waals surface area contributed by atoms with E-state index in [-0.39, 0.29) is 0 Å². The van der Waals surface area contributed by atoms with E-state index < -0.39 is 0 Å². The fourth-order valence-electron chi connectivity index (χ4n) is 2.10. The largest absolute Gasteiger partial charge is 0.315 e. The molecule has 0 fully saturated rings. The van der Waals surface area contributed by atoms with Gasteiger partial charge in [0.2, 0.25) is 5.95 Å². The molecule has 0 atom stereocenters. The lowest BCUT2D eigenvalue weighted by Crippen LogP contribution is -2.14. The summed E-state index contributed by atoms with van der Waals surface area (Å²) in [6.45, 7) is 0. The monoisotopic (exact) mass is 249 g/mol. The van der Waals surface area contributed by atoms with Crippen LogP contribution in [0.25, 0.3) is 5.69 Å². The van der Waals surface area contributed by atoms with Crippen molar-refractivity contribution in [1.29, 1.82) is 0 Å². The lowest BCUT2D eigenvalue weighted by Gasteiger charge is -2.19. The van der Waals surface area contributed by atoms with Gasteiger partial charge in [-0.2, -0.15) is 0 Å². The van der Waals surface area contributed by atoms with Crippen molar-refractivity contribution in [3.63, 3.8) is 0 Å². The third-order valence-electron chi connectivity index (χ3n) is 3.10. The molecule has 2 aromatic carbocycles. The maximum Gasteiger partial charge on any atom is 0.214 e. The molecular weight excluding hydrogens is 234 g/mol. The minimum Gasteiger partial charge on any atom is -0.315 e. The van der Waals surface area contributed by atoms with E-state index in [2.05, 4.69) is 38.7 Å². The summed E-state index contributed by atoms with van der Waals surface area (Å²) in [6, 6.07) is 20.4. The van der Waals surface area contributed by atoms with Gasteiger partial charge in [-0.15, -0.1) is 0 Å². The summed E-state index contributed by atoms with van der Waals surface area (Å²) in [5.74, 6) is 0.900. The molecular formula is C16H15N3. The highest BCUT2D eigenvalue weighted by Gasteiger charge is 2.10. The Morgan fingerprint density at radius 3 is 2.21 bits per heavy atom. The molecule has 3 heteroatoms. The number of aromatic nitrogens is 2. The Morgan fingerprint density at radius 1 is 0.895 bits per heavy atom. The number of hydrogen-bond donors (Lipinski definition) is 0. The molecule has 94 valence electrons. The van der Waals surface area contributed by atoms with Crippen LogP contribution in [0.3, 0.4) is 0 Å². The lowest BCUT2D eigenvalue weighted by molar-refractivity contribution is 0.986. The third kappa shape index (κ3) is 2.22. The first-order chi connectivity index (χ1) is 9.36. The predicted molar refractivity (Wildman–Crippen MR) is 78.1 cm³/mol. The van der Waals surface area contributed by atoms with Gasteiger partial charge >= 0.3 is 0 Å². The van der Waals surface area contributed by atoms with Crippen molar-refractivity contribution in [2.24, 2.45) is 0 Å². The van der Waals surface area contributed by atoms with Gasteiger partial charge in [-0.1, -0.05) is 36.4 Å². The summed E-state index contributed by atoms with van der Waals surface area (Å²) < 4.78 is 2.08. The van der Waals surface area contributed by atoms with E-state index in [0.29, 0.717) is 0 Å². The molecule has 3 rings (SSSR count). The van der Waals surface area contributed by atoms with Crippen LogP contribution in [0, 0.1) is 0 Å². The molecule has 0 radical (unpaired) electrons. The molecule has 1 aromatic heterocycles. The summed E-state index contributed by atoms with van der Waals surface area (Å²) in [7, 11) is 2.02. The van der Waals surface area contributed by atoms with E-state index >= 15 is 0 Å². The van der Waals surface area contributed by atoms with E-state index in [9.17, 15) is 0 Å². The van der Waals surface area contributed by atoms with Gasteiger partial charge in [0.1, 0.15) is 0 Å². The fraction of sp³-hybridized carbons (Fsp3) is 0.0625. The van der Waals surface area contributed by atoms with Crippen LogP contribution >= 0.6 is 0 Å². The van der Waals surface area contributed by atoms with Gasteiger partial charge in [0.25, 0.3) is 0 Å². The molecule has 0 spiro atoms. The van der Waals surface area contributed by atoms with Crippen LogP contribution in [0.15, 0.2) is 73.1 Å². The van der Waals surface area contributed by atoms with Gasteiger partial charge in [-0.3, -0.25) is 4.57 Å². The molecule has 0 saturated carbocycles. The summed E-state index contributed by atoms with van der Waals surface area (Å²) in [5.41, 5.74) is 2.23. The van der Waals surface area contributed by atoms with Gasteiger partial charge in [-0.05, 0) is 24.3 Å². The van der Waals surface area contributed by atoms with Crippen molar-refractivity contribution in [2.45, 2.75) is 0 Å². The fourth-order valence-corrected chi connectivity index (χ4v) is 2.10. The zero-order valence-corrected chi connectivity index (χ0v) is 10.8. The standard InChI is InChI=1S/C16H15N3/c1-18(14-8-4-2-5-9-14)16-17-12-13-19(16)15-10-6-3-7-11-15/h2-13H,1H3. The summed E-state index contributed by atoms with van der Waals surface area (Å²) in [4.78, 5) is 6.53. The van der Waals surface area contributed by atoms with E-state index in [1.165, 1.54) is 0 Å². The molecule has 3 nitrogen and oxygen atoms in total. The van der Waals surface area contributed by atoms with Gasteiger partial charge in [0.15, 0.2) is 0 Å². The smallest absolute Gasteiger partial charge is 0.214 e. The van der Waals surface area contributed by atoms with Crippen molar-refractivity contribution in [3.8, 4) is 5.69 Å². The minimum atomic E-state index is 0.900. The van der Waals surface area contributed by atoms with E-state index in [4.69, 9.17) is 0 Å². The molecule has 3 aromatic rings. The van der Waals surface area contributed by atoms with Gasteiger partial charge in [0, 0.05) is 30.8 Å². The molecule has 0 unspecified atom stereocenters. The molecule has 0 saturated heterocycles. The van der Waals surface area contributed by atoms with Crippen molar-refractivity contribution >= 4 is 11.6 Å². The average Bonchev–Trinajstić information content (AvgIpc) is 2.98. The Morgan fingerprint density at radius 2 is 1.53 bits per heavy atom. The van der Waals surface area contributed by atoms with Crippen LogP contribution in [0.4, 0.5) is 11.6 Å². The normalized spacial score (nSPS) is 10.4. The second kappa shape index (κ2) is 4.98. The van der Waals surface area contributed by atoms with E-state index in [0.717, 1.165) is 17.3 Å². The highest BCUT2D eigenvalue weighted by molar-refractivity contribution is 5.58. The van der Waals surface area contributed by atoms with Crippen LogP contribution in [-0.4, -0.2) is 16.6 Å². The number of nitrogens with zero attached hydrogens (tertiary/aromatic N) is 3. The quantitative estimate of drug-likeness (QED) is 0.706. The zero-order valence-electron chi connectivity index (χ0n) is 10.8. The number of imidazole rings is 1. The van der Waals surface area contributed by atoms with E-state index in [1.54, 1.807) is 0 Å². The Hall–Kier alpha value is -2.55. The van der Waals surface area contributed by atoms with Crippen molar-refractivity contribution in [2.75, 3.05) is 11.9 Å². The third-order valence-corrected chi connectivity index (χ3v) is 3.10. The first kappa shape index (κ1) is 11.5. The summed E-state index contributed by atoms with van der Waals surface area (Å²) in [5, 5.41) is 0. The van der Waals surface area contributed by atoms with Crippen LogP contribution in [-0.2, 0) is 0 Å². The number of hydrogen-bond acceptors (Lipinski definition) is 2. The molecule has 0 aliphatic carbocycles. The zero-order chi connectivity index (χ0) is 13.1. The Kier molecular flexibility index (Phi) is 3.02. The van der Waals surface area contributed by atoms with Crippen LogP contribution in [0.5, 0.6) is 0 Å². The van der Waals surface area contributed by atoms with Gasteiger partial charge < -0.3 is 4.90 Å². The summed E-state index contributed by atoms with van der Waals surface area (Å²) in [6.07, 6.45) is 3.80. The Bertz CT molecular complexity index is 644. The van der Waals surface area contributed by atoms with Crippen LogP contribution < -0.4 is 4.90 Å². The highest BCUT2D eigenvalue weighted by atomic mass is 15.3. The van der Waals surface area contributed by atoms with E-state index in [1.807, 2.05) is 55.8 Å². The SMILES string of the molecule is CN(c1ccccc1)c1nccn1-c1ccccc1. The second-order valence-corrected chi connectivity index (χ2v) is 4.33. The highest BCUT2D eigenvalue weighted by Crippen LogP contribution is 2.24. The minimum absolute atomic E-state index is 0.900. The molecule has 0 amide bonds. The predicted octanol–water partition coefficient (Wildman–Crippen LogP) is 3.64. The average molecular weight is 249 g/mol. The van der Waals surface area contributed by atoms with Crippen molar-refractivity contribution < 1.29 is 0 Å². The summed E-state index contributed by atoms with van der Waals surface area (Å²) >= 11 is 0. The van der Waals surface area contributed by atoms with Crippen LogP contribution in [0.2, 0.25) is 0 Å². The first-order valence-electron chi connectivity index (χ1n) is 6.24.